The minimum absolute atomic E-state index is 0.307. The third-order valence-electron chi connectivity index (χ3n) is 3.14. The predicted octanol–water partition coefficient (Wildman–Crippen LogP) is 5.42. The minimum atomic E-state index is -0.307. The van der Waals surface area contributed by atoms with Crippen molar-refractivity contribution in [3.05, 3.63) is 63.9 Å². The Kier molecular flexibility index (Phi) is 4.60. The van der Waals surface area contributed by atoms with E-state index in [1.54, 1.807) is 35.6 Å². The van der Waals surface area contributed by atoms with Gasteiger partial charge in [-0.25, -0.2) is 9.78 Å². The van der Waals surface area contributed by atoms with E-state index in [2.05, 4.69) is 15.6 Å². The summed E-state index contributed by atoms with van der Waals surface area (Å²) in [7, 11) is 0. The zero-order valence-corrected chi connectivity index (χ0v) is 13.9. The van der Waals surface area contributed by atoms with Gasteiger partial charge in [-0.15, -0.1) is 11.3 Å². The monoisotopic (exact) mass is 343 g/mol. The third-order valence-corrected chi connectivity index (χ3v) is 4.16. The molecule has 23 heavy (non-hydrogen) atoms. The Morgan fingerprint density at radius 3 is 2.52 bits per heavy atom. The molecule has 0 bridgehead atoms. The predicted molar refractivity (Wildman–Crippen MR) is 96.4 cm³/mol. The van der Waals surface area contributed by atoms with E-state index < -0.39 is 0 Å². The van der Waals surface area contributed by atoms with Crippen molar-refractivity contribution in [2.75, 3.05) is 10.6 Å². The quantitative estimate of drug-likeness (QED) is 0.667. The van der Waals surface area contributed by atoms with Crippen LogP contribution in [0.5, 0.6) is 0 Å². The topological polar surface area (TPSA) is 54.0 Å². The van der Waals surface area contributed by atoms with Crippen LogP contribution in [0.2, 0.25) is 5.02 Å². The second-order valence-electron chi connectivity index (χ2n) is 4.92. The molecule has 3 rings (SSSR count). The Hall–Kier alpha value is -2.37. The van der Waals surface area contributed by atoms with Gasteiger partial charge in [0.25, 0.3) is 0 Å². The molecule has 6 heteroatoms. The molecule has 1 aromatic heterocycles. The molecule has 4 nitrogen and oxygen atoms in total. The highest BCUT2D eigenvalue weighted by atomic mass is 35.5. The van der Waals surface area contributed by atoms with Crippen molar-refractivity contribution in [1.29, 1.82) is 0 Å². The first-order chi connectivity index (χ1) is 11.1. The fraction of sp³-hybridized carbons (Fsp3) is 0.0588. The summed E-state index contributed by atoms with van der Waals surface area (Å²) in [6.07, 6.45) is 0. The summed E-state index contributed by atoms with van der Waals surface area (Å²) in [5.74, 6) is 0. The van der Waals surface area contributed by atoms with Crippen LogP contribution < -0.4 is 10.6 Å². The van der Waals surface area contributed by atoms with Gasteiger partial charge in [0.15, 0.2) is 0 Å². The van der Waals surface area contributed by atoms with Crippen molar-refractivity contribution in [2.45, 2.75) is 6.92 Å². The zero-order chi connectivity index (χ0) is 16.2. The molecule has 0 aliphatic rings. The molecular weight excluding hydrogens is 330 g/mol. The Bertz CT molecular complexity index is 830. The molecule has 2 amide bonds. The molecular formula is C17H14ClN3OS. The summed E-state index contributed by atoms with van der Waals surface area (Å²) >= 11 is 7.42. The fourth-order valence-corrected chi connectivity index (χ4v) is 2.83. The van der Waals surface area contributed by atoms with Crippen LogP contribution in [0.3, 0.4) is 0 Å². The van der Waals surface area contributed by atoms with Gasteiger partial charge >= 0.3 is 6.03 Å². The zero-order valence-electron chi connectivity index (χ0n) is 12.3. The maximum absolute atomic E-state index is 12.0. The van der Waals surface area contributed by atoms with Gasteiger partial charge in [-0.3, -0.25) is 0 Å². The minimum Gasteiger partial charge on any atom is -0.308 e. The highest BCUT2D eigenvalue weighted by Crippen LogP contribution is 2.24. The van der Waals surface area contributed by atoms with E-state index in [4.69, 9.17) is 11.6 Å². The van der Waals surface area contributed by atoms with Gasteiger partial charge in [-0.1, -0.05) is 23.7 Å². The molecule has 0 aliphatic heterocycles. The summed E-state index contributed by atoms with van der Waals surface area (Å²) < 4.78 is 0. The highest BCUT2D eigenvalue weighted by molar-refractivity contribution is 7.09. The van der Waals surface area contributed by atoms with Gasteiger partial charge in [-0.05, 0) is 43.3 Å². The number of amides is 2. The number of benzene rings is 2. The number of nitrogens with zero attached hydrogens (tertiary/aromatic N) is 1. The molecule has 0 saturated heterocycles. The SMILES string of the molecule is Cc1nc(-c2cccc(NC(=O)Nc3ccc(Cl)cc3)c2)cs1. The lowest BCUT2D eigenvalue weighted by Gasteiger charge is -2.08. The Balaban J connectivity index is 1.70. The molecule has 0 radical (unpaired) electrons. The largest absolute Gasteiger partial charge is 0.323 e. The summed E-state index contributed by atoms with van der Waals surface area (Å²) in [6.45, 7) is 1.97. The van der Waals surface area contributed by atoms with Gasteiger partial charge in [0.2, 0.25) is 0 Å². The van der Waals surface area contributed by atoms with Gasteiger partial charge in [-0.2, -0.15) is 0 Å². The number of aryl methyl sites for hydroxylation is 1. The van der Waals surface area contributed by atoms with Crippen LogP contribution in [0.15, 0.2) is 53.9 Å². The number of rotatable bonds is 3. The van der Waals surface area contributed by atoms with Crippen LogP contribution in [0, 0.1) is 6.92 Å². The van der Waals surface area contributed by atoms with Crippen molar-refractivity contribution in [3.63, 3.8) is 0 Å². The molecule has 3 aromatic rings. The Morgan fingerprint density at radius 2 is 1.83 bits per heavy atom. The first kappa shape index (κ1) is 15.5. The van der Waals surface area contributed by atoms with E-state index in [0.29, 0.717) is 16.4 Å². The van der Waals surface area contributed by atoms with E-state index in [-0.39, 0.29) is 6.03 Å². The number of anilines is 2. The molecule has 0 saturated carbocycles. The first-order valence-corrected chi connectivity index (χ1v) is 8.22. The number of halogens is 1. The molecule has 0 fully saturated rings. The van der Waals surface area contributed by atoms with E-state index in [1.165, 1.54) is 0 Å². The molecule has 1 heterocycles. The molecule has 0 atom stereocenters. The summed E-state index contributed by atoms with van der Waals surface area (Å²) in [4.78, 5) is 16.5. The summed E-state index contributed by atoms with van der Waals surface area (Å²) in [5, 5.41) is 9.22. The first-order valence-electron chi connectivity index (χ1n) is 6.96. The lowest BCUT2D eigenvalue weighted by Crippen LogP contribution is -2.19. The van der Waals surface area contributed by atoms with E-state index in [9.17, 15) is 4.79 Å². The van der Waals surface area contributed by atoms with Crippen molar-refractivity contribution in [2.24, 2.45) is 0 Å². The number of urea groups is 1. The fourth-order valence-electron chi connectivity index (χ4n) is 2.08. The van der Waals surface area contributed by atoms with Crippen LogP contribution in [0.1, 0.15) is 5.01 Å². The Labute approximate surface area is 143 Å². The molecule has 2 N–H and O–H groups in total. The van der Waals surface area contributed by atoms with E-state index >= 15 is 0 Å². The van der Waals surface area contributed by atoms with E-state index in [1.807, 2.05) is 36.6 Å². The van der Waals surface area contributed by atoms with E-state index in [0.717, 1.165) is 16.3 Å². The lowest BCUT2D eigenvalue weighted by molar-refractivity contribution is 0.262. The van der Waals surface area contributed by atoms with Crippen LogP contribution in [-0.2, 0) is 0 Å². The van der Waals surface area contributed by atoms with Crippen LogP contribution in [-0.4, -0.2) is 11.0 Å². The van der Waals surface area contributed by atoms with Crippen LogP contribution in [0.4, 0.5) is 16.2 Å². The number of hydrogen-bond acceptors (Lipinski definition) is 3. The smallest absolute Gasteiger partial charge is 0.308 e. The molecule has 116 valence electrons. The third kappa shape index (κ3) is 4.09. The van der Waals surface area contributed by atoms with Gasteiger partial charge in [0.05, 0.1) is 10.7 Å². The molecule has 2 aromatic carbocycles. The highest BCUT2D eigenvalue weighted by Gasteiger charge is 2.06. The number of thiazole rings is 1. The lowest BCUT2D eigenvalue weighted by atomic mass is 10.1. The number of nitrogens with one attached hydrogen (secondary N) is 2. The van der Waals surface area contributed by atoms with Crippen molar-refractivity contribution < 1.29 is 4.79 Å². The summed E-state index contributed by atoms with van der Waals surface area (Å²) in [5.41, 5.74) is 3.27. The van der Waals surface area contributed by atoms with Crippen molar-refractivity contribution in [1.82, 2.24) is 4.98 Å². The number of hydrogen-bond donors (Lipinski definition) is 2. The van der Waals surface area contributed by atoms with Crippen molar-refractivity contribution >= 4 is 40.3 Å². The number of aromatic nitrogens is 1. The maximum Gasteiger partial charge on any atom is 0.323 e. The molecule has 0 aliphatic carbocycles. The van der Waals surface area contributed by atoms with Crippen LogP contribution >= 0.6 is 22.9 Å². The number of carbonyl (C=O) groups excluding carboxylic acids is 1. The second-order valence-corrected chi connectivity index (χ2v) is 6.42. The number of carbonyl (C=O) groups is 1. The van der Waals surface area contributed by atoms with Crippen LogP contribution in [0.25, 0.3) is 11.3 Å². The van der Waals surface area contributed by atoms with Gasteiger partial charge in [0, 0.05) is 27.3 Å². The normalized spacial score (nSPS) is 10.3. The second kappa shape index (κ2) is 6.81. The Morgan fingerprint density at radius 1 is 1.09 bits per heavy atom. The standard InChI is InChI=1S/C17H14ClN3OS/c1-11-19-16(10-23-11)12-3-2-4-15(9-12)21-17(22)20-14-7-5-13(18)6-8-14/h2-10H,1H3,(H2,20,21,22). The van der Waals surface area contributed by atoms with Gasteiger partial charge < -0.3 is 10.6 Å². The molecule has 0 spiro atoms. The summed E-state index contributed by atoms with van der Waals surface area (Å²) in [6, 6.07) is 14.2. The van der Waals surface area contributed by atoms with Gasteiger partial charge in [0.1, 0.15) is 0 Å². The average molecular weight is 344 g/mol. The van der Waals surface area contributed by atoms with Crippen molar-refractivity contribution in [3.8, 4) is 11.3 Å². The average Bonchev–Trinajstić information content (AvgIpc) is 2.96. The molecule has 0 unspecified atom stereocenters. The maximum atomic E-state index is 12.0.